The summed E-state index contributed by atoms with van der Waals surface area (Å²) < 4.78 is 21.8. The summed E-state index contributed by atoms with van der Waals surface area (Å²) >= 11 is 0. The summed E-state index contributed by atoms with van der Waals surface area (Å²) in [7, 11) is 4.30. The number of Topliss-reactive ketones (excluding diaryl/α,β-unsaturated/α-hetero) is 1. The van der Waals surface area contributed by atoms with E-state index < -0.39 is 23.8 Å². The fourth-order valence-corrected chi connectivity index (χ4v) is 4.73. The van der Waals surface area contributed by atoms with Crippen LogP contribution in [-0.2, 0) is 23.9 Å². The lowest BCUT2D eigenvalue weighted by Gasteiger charge is -2.38. The summed E-state index contributed by atoms with van der Waals surface area (Å²) in [6.45, 7) is 7.38. The summed E-state index contributed by atoms with van der Waals surface area (Å²) in [6, 6.07) is 5.32. The number of para-hydroxylation sites is 1. The van der Waals surface area contributed by atoms with Gasteiger partial charge in [0.2, 0.25) is 0 Å². The zero-order chi connectivity index (χ0) is 25.2. The molecule has 1 aliphatic heterocycles. The minimum Gasteiger partial charge on any atom is -0.493 e. The van der Waals surface area contributed by atoms with Crippen LogP contribution in [0.2, 0.25) is 0 Å². The third-order valence-corrected chi connectivity index (χ3v) is 6.59. The van der Waals surface area contributed by atoms with E-state index in [0.29, 0.717) is 52.4 Å². The van der Waals surface area contributed by atoms with Gasteiger partial charge in [-0.15, -0.1) is 0 Å². The van der Waals surface area contributed by atoms with Crippen LogP contribution in [0.3, 0.4) is 0 Å². The molecule has 0 saturated heterocycles. The van der Waals surface area contributed by atoms with Gasteiger partial charge in [0.1, 0.15) is 5.92 Å². The number of nitrogens with one attached hydrogen (secondary N) is 1. The quantitative estimate of drug-likeness (QED) is 0.475. The van der Waals surface area contributed by atoms with Crippen molar-refractivity contribution < 1.29 is 33.3 Å². The second-order valence-corrected chi connectivity index (χ2v) is 8.74. The summed E-state index contributed by atoms with van der Waals surface area (Å²) in [5.41, 5.74) is 2.51. The van der Waals surface area contributed by atoms with E-state index in [9.17, 15) is 14.4 Å². The van der Waals surface area contributed by atoms with E-state index in [1.54, 1.807) is 25.1 Å². The highest BCUT2D eigenvalue weighted by Gasteiger charge is 2.48. The molecule has 0 bridgehead atoms. The number of ketones is 1. The maximum atomic E-state index is 13.8. The number of carbonyl (C=O) groups is 3. The van der Waals surface area contributed by atoms with Crippen LogP contribution in [0.15, 0.2) is 40.7 Å². The van der Waals surface area contributed by atoms with Crippen molar-refractivity contribution >= 4 is 17.7 Å². The van der Waals surface area contributed by atoms with Gasteiger partial charge < -0.3 is 24.3 Å². The Labute approximate surface area is 200 Å². The standard InChI is InChI=1S/C26H33NO7/c1-8-14(3)34-26(30)20-15(4)27-17-12-13(2)19(25(29)33-7)23(28)22(17)21(20)16-10-9-11-18(31-5)24(16)32-6/h9-11,13-14,19,21,27H,8,12H2,1-7H3/t13-,14-,19-,21-/m1/s1. The van der Waals surface area contributed by atoms with Crippen LogP contribution in [-0.4, -0.2) is 45.2 Å². The van der Waals surface area contributed by atoms with Gasteiger partial charge in [0, 0.05) is 22.5 Å². The summed E-state index contributed by atoms with van der Waals surface area (Å²) in [4.78, 5) is 39.8. The number of hydrogen-bond acceptors (Lipinski definition) is 8. The highest BCUT2D eigenvalue weighted by Crippen LogP contribution is 2.49. The fourth-order valence-electron chi connectivity index (χ4n) is 4.73. The first-order chi connectivity index (χ1) is 16.2. The van der Waals surface area contributed by atoms with Crippen LogP contribution in [0.5, 0.6) is 11.5 Å². The topological polar surface area (TPSA) is 100 Å². The zero-order valence-electron chi connectivity index (χ0n) is 20.8. The maximum absolute atomic E-state index is 13.8. The SMILES string of the molecule is CC[C@@H](C)OC(=O)C1=C(C)NC2=C(C(=O)[C@H](C(=O)OC)[C@H](C)C2)[C@@H]1c1cccc(OC)c1OC. The van der Waals surface area contributed by atoms with Gasteiger partial charge in [-0.3, -0.25) is 9.59 Å². The second kappa shape index (κ2) is 10.3. The normalized spacial score (nSPS) is 23.0. The molecule has 1 aliphatic carbocycles. The van der Waals surface area contributed by atoms with Crippen molar-refractivity contribution in [1.82, 2.24) is 5.32 Å². The molecule has 8 heteroatoms. The van der Waals surface area contributed by atoms with Crippen molar-refractivity contribution in [3.05, 3.63) is 46.3 Å². The van der Waals surface area contributed by atoms with Crippen molar-refractivity contribution in [3.63, 3.8) is 0 Å². The van der Waals surface area contributed by atoms with Crippen LogP contribution in [0.1, 0.15) is 52.0 Å². The Balaban J connectivity index is 2.26. The number of allylic oxidation sites excluding steroid dienone is 3. The Kier molecular flexibility index (Phi) is 7.69. The van der Waals surface area contributed by atoms with Crippen molar-refractivity contribution in [2.24, 2.45) is 11.8 Å². The van der Waals surface area contributed by atoms with E-state index >= 15 is 0 Å². The molecule has 8 nitrogen and oxygen atoms in total. The highest BCUT2D eigenvalue weighted by atomic mass is 16.5. The Morgan fingerprint density at radius 2 is 1.88 bits per heavy atom. The molecule has 0 radical (unpaired) electrons. The molecule has 0 amide bonds. The summed E-state index contributed by atoms with van der Waals surface area (Å²) in [5.74, 6) is -2.64. The molecule has 1 aromatic rings. The van der Waals surface area contributed by atoms with Gasteiger partial charge in [-0.25, -0.2) is 4.79 Å². The first-order valence-electron chi connectivity index (χ1n) is 11.4. The Morgan fingerprint density at radius 3 is 2.47 bits per heavy atom. The Morgan fingerprint density at radius 1 is 1.18 bits per heavy atom. The predicted molar refractivity (Wildman–Crippen MR) is 125 cm³/mol. The van der Waals surface area contributed by atoms with Gasteiger partial charge in [0.05, 0.1) is 38.9 Å². The molecule has 4 atom stereocenters. The van der Waals surface area contributed by atoms with Crippen LogP contribution in [0.4, 0.5) is 0 Å². The third kappa shape index (κ3) is 4.41. The van der Waals surface area contributed by atoms with Gasteiger partial charge in [0.25, 0.3) is 0 Å². The molecule has 1 N–H and O–H groups in total. The number of carbonyl (C=O) groups excluding carboxylic acids is 3. The van der Waals surface area contributed by atoms with E-state index in [2.05, 4.69) is 5.32 Å². The van der Waals surface area contributed by atoms with Gasteiger partial charge in [-0.1, -0.05) is 26.0 Å². The van der Waals surface area contributed by atoms with E-state index in [-0.39, 0.29) is 17.8 Å². The lowest BCUT2D eigenvalue weighted by Crippen LogP contribution is -2.43. The van der Waals surface area contributed by atoms with Crippen molar-refractivity contribution in [3.8, 4) is 11.5 Å². The summed E-state index contributed by atoms with van der Waals surface area (Å²) in [5, 5.41) is 3.26. The van der Waals surface area contributed by atoms with Gasteiger partial charge >= 0.3 is 11.9 Å². The van der Waals surface area contributed by atoms with Crippen LogP contribution >= 0.6 is 0 Å². The molecule has 34 heavy (non-hydrogen) atoms. The minimum absolute atomic E-state index is 0.263. The first kappa shape index (κ1) is 25.3. The van der Waals surface area contributed by atoms with Crippen LogP contribution in [0, 0.1) is 11.8 Å². The molecular weight excluding hydrogens is 438 g/mol. The number of rotatable bonds is 7. The Hall–Kier alpha value is -3.29. The van der Waals surface area contributed by atoms with Crippen molar-refractivity contribution in [2.75, 3.05) is 21.3 Å². The number of esters is 2. The Bertz CT molecular complexity index is 1060. The number of dihydropyridines is 1. The molecule has 1 aromatic carbocycles. The van der Waals surface area contributed by atoms with E-state index in [1.807, 2.05) is 20.8 Å². The zero-order valence-corrected chi connectivity index (χ0v) is 20.8. The highest BCUT2D eigenvalue weighted by molar-refractivity contribution is 6.12. The summed E-state index contributed by atoms with van der Waals surface area (Å²) in [6.07, 6.45) is 0.795. The van der Waals surface area contributed by atoms with Crippen LogP contribution in [0.25, 0.3) is 0 Å². The smallest absolute Gasteiger partial charge is 0.337 e. The molecular formula is C26H33NO7. The minimum atomic E-state index is -0.963. The average molecular weight is 472 g/mol. The van der Waals surface area contributed by atoms with E-state index in [0.717, 1.165) is 0 Å². The molecule has 184 valence electrons. The molecule has 0 spiro atoms. The molecule has 0 aromatic heterocycles. The van der Waals surface area contributed by atoms with Gasteiger partial charge in [0.15, 0.2) is 17.3 Å². The lowest BCUT2D eigenvalue weighted by atomic mass is 9.69. The molecule has 1 heterocycles. The molecule has 3 rings (SSSR count). The fraction of sp³-hybridized carbons (Fsp3) is 0.500. The third-order valence-electron chi connectivity index (χ3n) is 6.59. The monoisotopic (exact) mass is 471 g/mol. The van der Waals surface area contributed by atoms with Crippen LogP contribution < -0.4 is 14.8 Å². The maximum Gasteiger partial charge on any atom is 0.337 e. The van der Waals surface area contributed by atoms with Gasteiger partial charge in [-0.2, -0.15) is 0 Å². The molecule has 0 unspecified atom stereocenters. The predicted octanol–water partition coefficient (Wildman–Crippen LogP) is 3.66. The molecule has 2 aliphatic rings. The largest absolute Gasteiger partial charge is 0.493 e. The average Bonchev–Trinajstić information content (AvgIpc) is 2.81. The van der Waals surface area contributed by atoms with E-state index in [4.69, 9.17) is 18.9 Å². The number of benzene rings is 1. The van der Waals surface area contributed by atoms with E-state index in [1.165, 1.54) is 21.3 Å². The number of hydrogen-bond donors (Lipinski definition) is 1. The van der Waals surface area contributed by atoms with Crippen molar-refractivity contribution in [2.45, 2.75) is 52.6 Å². The molecule has 0 fully saturated rings. The first-order valence-corrected chi connectivity index (χ1v) is 11.4. The lowest BCUT2D eigenvalue weighted by molar-refractivity contribution is -0.151. The van der Waals surface area contributed by atoms with Gasteiger partial charge in [-0.05, 0) is 38.7 Å². The molecule has 0 saturated carbocycles. The van der Waals surface area contributed by atoms with Crippen molar-refractivity contribution in [1.29, 1.82) is 0 Å². The second-order valence-electron chi connectivity index (χ2n) is 8.74. The number of methoxy groups -OCH3 is 3. The number of ether oxygens (including phenoxy) is 4.